The number of rotatable bonds is 5. The van der Waals surface area contributed by atoms with E-state index >= 15 is 0 Å². The van der Waals surface area contributed by atoms with Gasteiger partial charge in [-0.15, -0.1) is 0 Å². The van der Waals surface area contributed by atoms with Crippen LogP contribution >= 0.6 is 0 Å². The van der Waals surface area contributed by atoms with Crippen LogP contribution in [0.1, 0.15) is 0 Å². The van der Waals surface area contributed by atoms with Crippen LogP contribution in [0.5, 0.6) is 0 Å². The van der Waals surface area contributed by atoms with Gasteiger partial charge < -0.3 is 4.42 Å². The topological polar surface area (TPSA) is 69.6 Å². The Hall–Kier alpha value is -6.92. The maximum Gasteiger partial charge on any atom is 0.167 e. The minimum atomic E-state index is 0.551. The molecule has 10 aromatic rings. The van der Waals surface area contributed by atoms with E-state index in [2.05, 4.69) is 83.4 Å². The lowest BCUT2D eigenvalue weighted by atomic mass is 10.0. The molecule has 0 aliphatic carbocycles. The van der Waals surface area contributed by atoms with Gasteiger partial charge >= 0.3 is 0 Å². The van der Waals surface area contributed by atoms with E-state index in [1.165, 1.54) is 0 Å². The monoisotopic (exact) mass is 641 g/mol. The Morgan fingerprint density at radius 1 is 0.440 bits per heavy atom. The van der Waals surface area contributed by atoms with Crippen LogP contribution < -0.4 is 0 Å². The SMILES string of the molecule is c1ccc(-c2cccc(-c3nc(-c4ccccc4)nc(-c4cccc5c4oc4cc(-n6c7ccccc7c7cccnc76)ccc45)n3)c2)cc1. The third kappa shape index (κ3) is 4.58. The van der Waals surface area contributed by atoms with Gasteiger partial charge in [0.05, 0.1) is 16.8 Å². The van der Waals surface area contributed by atoms with Gasteiger partial charge in [-0.05, 0) is 53.6 Å². The highest BCUT2D eigenvalue weighted by Gasteiger charge is 2.19. The van der Waals surface area contributed by atoms with Crippen molar-refractivity contribution < 1.29 is 4.42 Å². The molecule has 4 heterocycles. The molecule has 0 bridgehead atoms. The van der Waals surface area contributed by atoms with Crippen molar-refractivity contribution in [3.8, 4) is 51.0 Å². The summed E-state index contributed by atoms with van der Waals surface area (Å²) in [6, 6.07) is 53.8. The number of nitrogens with zero attached hydrogens (tertiary/aromatic N) is 5. The van der Waals surface area contributed by atoms with Gasteiger partial charge in [0.25, 0.3) is 0 Å². The molecule has 50 heavy (non-hydrogen) atoms. The zero-order valence-corrected chi connectivity index (χ0v) is 26.7. The molecule has 0 spiro atoms. The molecule has 0 unspecified atom stereocenters. The molecule has 0 atom stereocenters. The Bertz CT molecular complexity index is 2820. The number of hydrogen-bond acceptors (Lipinski definition) is 5. The summed E-state index contributed by atoms with van der Waals surface area (Å²) in [5, 5.41) is 4.30. The number of pyridine rings is 1. The van der Waals surface area contributed by atoms with Crippen LogP contribution in [0.4, 0.5) is 0 Å². The Morgan fingerprint density at radius 2 is 1.10 bits per heavy atom. The molecule has 6 heteroatoms. The van der Waals surface area contributed by atoms with E-state index < -0.39 is 0 Å². The largest absolute Gasteiger partial charge is 0.455 e. The fraction of sp³-hybridized carbons (Fsp3) is 0. The van der Waals surface area contributed by atoms with Gasteiger partial charge in [0.2, 0.25) is 0 Å². The molecule has 0 aliphatic rings. The minimum Gasteiger partial charge on any atom is -0.455 e. The van der Waals surface area contributed by atoms with Crippen molar-refractivity contribution in [3.05, 3.63) is 164 Å². The van der Waals surface area contributed by atoms with Crippen molar-refractivity contribution in [2.45, 2.75) is 0 Å². The fourth-order valence-corrected chi connectivity index (χ4v) is 6.97. The van der Waals surface area contributed by atoms with Crippen LogP contribution in [-0.4, -0.2) is 24.5 Å². The molecular weight excluding hydrogens is 615 g/mol. The van der Waals surface area contributed by atoms with Gasteiger partial charge in [-0.25, -0.2) is 19.9 Å². The summed E-state index contributed by atoms with van der Waals surface area (Å²) in [7, 11) is 0. The number of hydrogen-bond donors (Lipinski definition) is 0. The van der Waals surface area contributed by atoms with E-state index in [9.17, 15) is 0 Å². The normalized spacial score (nSPS) is 11.6. The molecule has 0 saturated heterocycles. The average Bonchev–Trinajstić information content (AvgIpc) is 3.74. The van der Waals surface area contributed by atoms with Crippen molar-refractivity contribution in [1.82, 2.24) is 24.5 Å². The highest BCUT2D eigenvalue weighted by atomic mass is 16.3. The second-order valence-electron chi connectivity index (χ2n) is 12.3. The highest BCUT2D eigenvalue weighted by molar-refractivity contribution is 6.11. The fourth-order valence-electron chi connectivity index (χ4n) is 6.97. The van der Waals surface area contributed by atoms with E-state index in [0.717, 1.165) is 77.4 Å². The van der Waals surface area contributed by atoms with E-state index in [4.69, 9.17) is 24.4 Å². The molecular formula is C44H27N5O. The molecule has 10 rings (SSSR count). The van der Waals surface area contributed by atoms with Crippen LogP contribution in [0.2, 0.25) is 0 Å². The number of aromatic nitrogens is 5. The Kier molecular flexibility index (Phi) is 6.39. The smallest absolute Gasteiger partial charge is 0.167 e. The van der Waals surface area contributed by atoms with Gasteiger partial charge in [-0.2, -0.15) is 0 Å². The lowest BCUT2D eigenvalue weighted by molar-refractivity contribution is 0.669. The first-order valence-corrected chi connectivity index (χ1v) is 16.6. The summed E-state index contributed by atoms with van der Waals surface area (Å²) in [5.74, 6) is 1.75. The maximum atomic E-state index is 6.73. The lowest BCUT2D eigenvalue weighted by Crippen LogP contribution is -2.00. The minimum absolute atomic E-state index is 0.551. The standard InChI is InChI=1S/C44H27N5O/c1-3-12-28(13-4-1)30-16-9-17-31(26-30)42-46-41(29-14-5-2-6-15-29)47-43(48-42)37-20-10-19-35-34-24-23-32(27-39(34)50-40(35)37)49-38-22-8-7-18-33(38)36-21-11-25-45-44(36)49/h1-27H. The maximum absolute atomic E-state index is 6.73. The quantitative estimate of drug-likeness (QED) is 0.187. The van der Waals surface area contributed by atoms with Crippen LogP contribution in [0.15, 0.2) is 168 Å². The van der Waals surface area contributed by atoms with Crippen LogP contribution in [0.25, 0.3) is 94.9 Å². The molecule has 0 N–H and O–H groups in total. The third-order valence-electron chi connectivity index (χ3n) is 9.31. The second kappa shape index (κ2) is 11.4. The summed E-state index contributed by atoms with van der Waals surface area (Å²) in [5.41, 5.74) is 9.36. The Morgan fingerprint density at radius 3 is 1.96 bits per heavy atom. The van der Waals surface area contributed by atoms with E-state index in [-0.39, 0.29) is 0 Å². The molecule has 0 aliphatic heterocycles. The van der Waals surface area contributed by atoms with Crippen LogP contribution in [0.3, 0.4) is 0 Å². The number of fused-ring (bicyclic) bond motifs is 6. The molecule has 6 nitrogen and oxygen atoms in total. The number of benzene rings is 6. The number of para-hydroxylation sites is 2. The lowest BCUT2D eigenvalue weighted by Gasteiger charge is -2.10. The van der Waals surface area contributed by atoms with Gasteiger partial charge in [-0.3, -0.25) is 4.57 Å². The van der Waals surface area contributed by atoms with E-state index in [1.807, 2.05) is 85.1 Å². The van der Waals surface area contributed by atoms with Gasteiger partial charge in [0, 0.05) is 44.9 Å². The molecule has 0 radical (unpaired) electrons. The first-order valence-electron chi connectivity index (χ1n) is 16.6. The summed E-state index contributed by atoms with van der Waals surface area (Å²) in [6.07, 6.45) is 1.84. The van der Waals surface area contributed by atoms with E-state index in [1.54, 1.807) is 0 Å². The zero-order valence-electron chi connectivity index (χ0n) is 26.7. The summed E-state index contributed by atoms with van der Waals surface area (Å²) < 4.78 is 8.94. The summed E-state index contributed by atoms with van der Waals surface area (Å²) in [4.78, 5) is 19.9. The highest BCUT2D eigenvalue weighted by Crippen LogP contribution is 2.38. The summed E-state index contributed by atoms with van der Waals surface area (Å²) >= 11 is 0. The summed E-state index contributed by atoms with van der Waals surface area (Å²) in [6.45, 7) is 0. The Balaban J connectivity index is 1.16. The predicted octanol–water partition coefficient (Wildman–Crippen LogP) is 10.9. The third-order valence-corrected chi connectivity index (χ3v) is 9.31. The number of furan rings is 1. The van der Waals surface area contributed by atoms with Crippen molar-refractivity contribution in [3.63, 3.8) is 0 Å². The van der Waals surface area contributed by atoms with E-state index in [0.29, 0.717) is 17.5 Å². The van der Waals surface area contributed by atoms with Crippen LogP contribution in [0, 0.1) is 0 Å². The molecule has 0 fully saturated rings. The van der Waals surface area contributed by atoms with Gasteiger partial charge in [0.1, 0.15) is 16.8 Å². The van der Waals surface area contributed by atoms with Crippen molar-refractivity contribution >= 4 is 43.9 Å². The predicted molar refractivity (Wildman–Crippen MR) is 201 cm³/mol. The van der Waals surface area contributed by atoms with Crippen molar-refractivity contribution in [2.24, 2.45) is 0 Å². The molecule has 6 aromatic carbocycles. The first-order chi connectivity index (χ1) is 24.8. The average molecular weight is 642 g/mol. The molecule has 234 valence electrons. The van der Waals surface area contributed by atoms with Crippen molar-refractivity contribution in [2.75, 3.05) is 0 Å². The second-order valence-corrected chi connectivity index (χ2v) is 12.3. The molecule has 0 amide bonds. The zero-order chi connectivity index (χ0) is 33.0. The molecule has 0 saturated carbocycles. The molecule has 4 aromatic heterocycles. The Labute approximate surface area is 287 Å². The van der Waals surface area contributed by atoms with Gasteiger partial charge in [-0.1, -0.05) is 109 Å². The van der Waals surface area contributed by atoms with Crippen LogP contribution in [-0.2, 0) is 0 Å². The van der Waals surface area contributed by atoms with Crippen molar-refractivity contribution in [1.29, 1.82) is 0 Å². The first kappa shape index (κ1) is 28.1. The van der Waals surface area contributed by atoms with Gasteiger partial charge in [0.15, 0.2) is 17.5 Å².